The maximum atomic E-state index is 11.5. The van der Waals surface area contributed by atoms with Crippen LogP contribution in [0.3, 0.4) is 0 Å². The number of urea groups is 1. The Bertz CT molecular complexity index is 794. The topological polar surface area (TPSA) is 67.1 Å². The Balaban J connectivity index is 2.46. The van der Waals surface area contributed by atoms with Crippen molar-refractivity contribution in [1.29, 1.82) is 0 Å². The molecule has 2 rings (SSSR count). The normalized spacial score (nSPS) is 12.5. The van der Waals surface area contributed by atoms with Gasteiger partial charge >= 0.3 is 6.03 Å². The van der Waals surface area contributed by atoms with Crippen molar-refractivity contribution in [2.45, 2.75) is 46.0 Å². The van der Waals surface area contributed by atoms with Gasteiger partial charge in [0.2, 0.25) is 0 Å². The summed E-state index contributed by atoms with van der Waals surface area (Å²) in [6, 6.07) is 14.3. The van der Waals surface area contributed by atoms with Crippen LogP contribution >= 0.6 is 0 Å². The molecule has 0 radical (unpaired) electrons. The Morgan fingerprint density at radius 3 is 2.44 bits per heavy atom. The number of anilines is 1. The van der Waals surface area contributed by atoms with Crippen LogP contribution in [0.25, 0.3) is 0 Å². The number of amides is 2. The number of carbonyl (C=O) groups is 1. The van der Waals surface area contributed by atoms with Crippen LogP contribution in [0.5, 0.6) is 0 Å². The third-order valence-electron chi connectivity index (χ3n) is 5.09. The van der Waals surface area contributed by atoms with E-state index in [1.807, 2.05) is 12.1 Å². The van der Waals surface area contributed by atoms with Crippen LogP contribution in [0.2, 0.25) is 0 Å². The number of benzene rings is 2. The minimum absolute atomic E-state index is 0.121. The molecule has 1 unspecified atom stereocenters. The van der Waals surface area contributed by atoms with Gasteiger partial charge in [0.15, 0.2) is 0 Å². The number of aryl methyl sites for hydroxylation is 1. The van der Waals surface area contributed by atoms with Crippen molar-refractivity contribution < 1.29 is 4.79 Å². The zero-order chi connectivity index (χ0) is 19.8. The van der Waals surface area contributed by atoms with Gasteiger partial charge in [-0.3, -0.25) is 0 Å². The summed E-state index contributed by atoms with van der Waals surface area (Å²) in [4.78, 5) is 11.5. The fraction of sp³-hybridized carbons (Fsp3) is 0.348. The molecule has 0 heterocycles. The van der Waals surface area contributed by atoms with Crippen molar-refractivity contribution in [3.63, 3.8) is 0 Å². The fourth-order valence-electron chi connectivity index (χ4n) is 3.34. The van der Waals surface area contributed by atoms with E-state index in [0.29, 0.717) is 0 Å². The minimum atomic E-state index is -0.223. The molecular weight excluding hydrogens is 334 g/mol. The van der Waals surface area contributed by atoms with E-state index in [1.165, 1.54) is 27.8 Å². The molecule has 2 amide bonds. The predicted octanol–water partition coefficient (Wildman–Crippen LogP) is 5.22. The molecule has 0 aliphatic rings. The fourth-order valence-corrected chi connectivity index (χ4v) is 3.34. The van der Waals surface area contributed by atoms with Gasteiger partial charge in [0.25, 0.3) is 0 Å². The Kier molecular flexibility index (Phi) is 7.47. The molecule has 0 saturated carbocycles. The SMILES string of the molecule is CCCC/C(=C\N)C(c1ccc(NC(=O)NC)cc1)c1cccc(C)c1C. The van der Waals surface area contributed by atoms with Crippen LogP contribution in [0, 0.1) is 13.8 Å². The van der Waals surface area contributed by atoms with Crippen molar-refractivity contribution in [1.82, 2.24) is 5.32 Å². The highest BCUT2D eigenvalue weighted by molar-refractivity contribution is 5.88. The van der Waals surface area contributed by atoms with Crippen molar-refractivity contribution in [2.24, 2.45) is 5.73 Å². The van der Waals surface area contributed by atoms with Crippen molar-refractivity contribution in [3.8, 4) is 0 Å². The molecule has 4 N–H and O–H groups in total. The molecule has 4 heteroatoms. The molecule has 2 aromatic carbocycles. The number of nitrogens with one attached hydrogen (secondary N) is 2. The number of hydrogen-bond acceptors (Lipinski definition) is 2. The van der Waals surface area contributed by atoms with E-state index in [4.69, 9.17) is 5.73 Å². The molecule has 2 aromatic rings. The number of unbranched alkanes of at least 4 members (excludes halogenated alkanes) is 1. The smallest absolute Gasteiger partial charge is 0.318 e. The van der Waals surface area contributed by atoms with Crippen molar-refractivity contribution >= 4 is 11.7 Å². The van der Waals surface area contributed by atoms with Crippen LogP contribution in [0.4, 0.5) is 10.5 Å². The quantitative estimate of drug-likeness (QED) is 0.630. The second-order valence-corrected chi connectivity index (χ2v) is 6.89. The molecule has 144 valence electrons. The monoisotopic (exact) mass is 365 g/mol. The first kappa shape index (κ1) is 20.6. The molecular formula is C23H31N3O. The van der Waals surface area contributed by atoms with E-state index < -0.39 is 0 Å². The van der Waals surface area contributed by atoms with Crippen LogP contribution < -0.4 is 16.4 Å². The Hall–Kier alpha value is -2.75. The van der Waals surface area contributed by atoms with Crippen LogP contribution in [-0.2, 0) is 0 Å². The van der Waals surface area contributed by atoms with E-state index in [9.17, 15) is 4.79 Å². The number of hydrogen-bond donors (Lipinski definition) is 3. The maximum Gasteiger partial charge on any atom is 0.318 e. The summed E-state index contributed by atoms with van der Waals surface area (Å²) >= 11 is 0. The summed E-state index contributed by atoms with van der Waals surface area (Å²) in [5.41, 5.74) is 13.1. The Morgan fingerprint density at radius 2 is 1.85 bits per heavy atom. The molecule has 0 aromatic heterocycles. The summed E-state index contributed by atoms with van der Waals surface area (Å²) in [7, 11) is 1.60. The minimum Gasteiger partial charge on any atom is -0.405 e. The summed E-state index contributed by atoms with van der Waals surface area (Å²) in [6.07, 6.45) is 4.99. The zero-order valence-electron chi connectivity index (χ0n) is 16.8. The molecule has 0 saturated heterocycles. The number of nitrogens with two attached hydrogens (primary N) is 1. The molecule has 1 atom stereocenters. The average molecular weight is 366 g/mol. The first-order valence-corrected chi connectivity index (χ1v) is 9.57. The lowest BCUT2D eigenvalue weighted by Gasteiger charge is -2.24. The van der Waals surface area contributed by atoms with E-state index >= 15 is 0 Å². The van der Waals surface area contributed by atoms with Crippen LogP contribution in [0.15, 0.2) is 54.2 Å². The highest BCUT2D eigenvalue weighted by Crippen LogP contribution is 2.37. The lowest BCUT2D eigenvalue weighted by Crippen LogP contribution is -2.24. The number of carbonyl (C=O) groups excluding carboxylic acids is 1. The summed E-state index contributed by atoms with van der Waals surface area (Å²) in [5, 5.41) is 5.37. The largest absolute Gasteiger partial charge is 0.405 e. The highest BCUT2D eigenvalue weighted by atomic mass is 16.2. The molecule has 0 aliphatic heterocycles. The summed E-state index contributed by atoms with van der Waals surface area (Å²) in [5.74, 6) is 0.121. The van der Waals surface area contributed by atoms with Crippen LogP contribution in [-0.4, -0.2) is 13.1 Å². The van der Waals surface area contributed by atoms with E-state index in [2.05, 4.69) is 61.7 Å². The summed E-state index contributed by atoms with van der Waals surface area (Å²) in [6.45, 7) is 6.51. The molecule has 0 bridgehead atoms. The molecule has 0 spiro atoms. The molecule has 0 aliphatic carbocycles. The molecule has 4 nitrogen and oxygen atoms in total. The van der Waals surface area contributed by atoms with Gasteiger partial charge in [-0.25, -0.2) is 4.79 Å². The lowest BCUT2D eigenvalue weighted by molar-refractivity contribution is 0.254. The third kappa shape index (κ3) is 5.13. The lowest BCUT2D eigenvalue weighted by atomic mass is 9.80. The maximum absolute atomic E-state index is 11.5. The number of rotatable bonds is 7. The van der Waals surface area contributed by atoms with Gasteiger partial charge in [-0.05, 0) is 72.8 Å². The van der Waals surface area contributed by atoms with Crippen molar-refractivity contribution in [2.75, 3.05) is 12.4 Å². The van der Waals surface area contributed by atoms with E-state index in [-0.39, 0.29) is 11.9 Å². The zero-order valence-corrected chi connectivity index (χ0v) is 16.8. The Labute approximate surface area is 162 Å². The van der Waals surface area contributed by atoms with Gasteiger partial charge in [-0.2, -0.15) is 0 Å². The van der Waals surface area contributed by atoms with Gasteiger partial charge in [0, 0.05) is 18.7 Å². The van der Waals surface area contributed by atoms with E-state index in [1.54, 1.807) is 13.2 Å². The number of allylic oxidation sites excluding steroid dienone is 1. The van der Waals surface area contributed by atoms with Gasteiger partial charge in [0.05, 0.1) is 0 Å². The second kappa shape index (κ2) is 9.81. The predicted molar refractivity (Wildman–Crippen MR) is 114 cm³/mol. The van der Waals surface area contributed by atoms with E-state index in [0.717, 1.165) is 24.9 Å². The molecule has 0 fully saturated rings. The summed E-state index contributed by atoms with van der Waals surface area (Å²) < 4.78 is 0. The van der Waals surface area contributed by atoms with Gasteiger partial charge < -0.3 is 16.4 Å². The highest BCUT2D eigenvalue weighted by Gasteiger charge is 2.21. The van der Waals surface area contributed by atoms with Gasteiger partial charge in [0.1, 0.15) is 0 Å². The van der Waals surface area contributed by atoms with Gasteiger partial charge in [-0.15, -0.1) is 0 Å². The molecule has 27 heavy (non-hydrogen) atoms. The first-order chi connectivity index (χ1) is 13.0. The van der Waals surface area contributed by atoms with Crippen LogP contribution in [0.1, 0.15) is 54.4 Å². The Morgan fingerprint density at radius 1 is 1.15 bits per heavy atom. The first-order valence-electron chi connectivity index (χ1n) is 9.57. The van der Waals surface area contributed by atoms with Crippen molar-refractivity contribution in [3.05, 3.63) is 76.5 Å². The average Bonchev–Trinajstić information content (AvgIpc) is 2.68. The second-order valence-electron chi connectivity index (χ2n) is 6.89. The van der Waals surface area contributed by atoms with Gasteiger partial charge in [-0.1, -0.05) is 43.7 Å². The standard InChI is InChI=1S/C23H31N3O/c1-5-6-9-19(15-24)22(21-10-7-8-16(2)17(21)3)18-11-13-20(14-12-18)26-23(27)25-4/h7-8,10-15,22H,5-6,9,24H2,1-4H3,(H2,25,26,27)/b19-15+. The third-order valence-corrected chi connectivity index (χ3v) is 5.09.